The maximum atomic E-state index is 3.43. The van der Waals surface area contributed by atoms with Gasteiger partial charge in [0.25, 0.3) is 0 Å². The van der Waals surface area contributed by atoms with Crippen molar-refractivity contribution in [2.75, 3.05) is 0 Å². The summed E-state index contributed by atoms with van der Waals surface area (Å²) in [6.45, 7) is 2.20. The summed E-state index contributed by atoms with van der Waals surface area (Å²) in [6.07, 6.45) is 3.79. The predicted molar refractivity (Wildman–Crippen MR) is 72.1 cm³/mol. The Balaban J connectivity index is 1.91. The number of hydrogen-bond acceptors (Lipinski definition) is 0. The Bertz CT molecular complexity index is 504. The van der Waals surface area contributed by atoms with Gasteiger partial charge >= 0.3 is 0 Å². The molecule has 0 unspecified atom stereocenters. The van der Waals surface area contributed by atoms with E-state index in [9.17, 15) is 0 Å². The van der Waals surface area contributed by atoms with E-state index in [-0.39, 0.29) is 0 Å². The van der Waals surface area contributed by atoms with Crippen LogP contribution in [0, 0.1) is 6.07 Å². The lowest BCUT2D eigenvalue weighted by atomic mass is 10.00. The van der Waals surface area contributed by atoms with Crippen LogP contribution in [0.3, 0.4) is 0 Å². The molecule has 2 aromatic rings. The van der Waals surface area contributed by atoms with Gasteiger partial charge < -0.3 is 0 Å². The summed E-state index contributed by atoms with van der Waals surface area (Å²) >= 11 is 0. The van der Waals surface area contributed by atoms with Gasteiger partial charge in [0.2, 0.25) is 0 Å². The summed E-state index contributed by atoms with van der Waals surface area (Å²) in [4.78, 5) is 0. The van der Waals surface area contributed by atoms with Crippen molar-refractivity contribution in [1.82, 2.24) is 0 Å². The van der Waals surface area contributed by atoms with E-state index in [4.69, 9.17) is 0 Å². The van der Waals surface area contributed by atoms with Gasteiger partial charge in [-0.3, -0.25) is 0 Å². The van der Waals surface area contributed by atoms with E-state index < -0.39 is 0 Å². The molecule has 1 radical (unpaired) electrons. The topological polar surface area (TPSA) is 0 Å². The maximum Gasteiger partial charge on any atom is -0.0140 e. The van der Waals surface area contributed by atoms with Crippen molar-refractivity contribution in [1.29, 1.82) is 0 Å². The molecule has 1 saturated carbocycles. The summed E-state index contributed by atoms with van der Waals surface area (Å²) in [5, 5.41) is 0. The van der Waals surface area contributed by atoms with E-state index in [0.29, 0.717) is 0 Å². The lowest BCUT2D eigenvalue weighted by Gasteiger charge is -2.05. The molecule has 0 heterocycles. The van der Waals surface area contributed by atoms with E-state index in [1.807, 2.05) is 0 Å². The van der Waals surface area contributed by atoms with Gasteiger partial charge in [0.15, 0.2) is 0 Å². The third kappa shape index (κ3) is 2.26. The van der Waals surface area contributed by atoms with Crippen molar-refractivity contribution in [2.24, 2.45) is 0 Å². The molecule has 2 aromatic carbocycles. The molecule has 0 atom stereocenters. The molecule has 3 rings (SSSR count). The van der Waals surface area contributed by atoms with Gasteiger partial charge in [-0.05, 0) is 59.6 Å². The van der Waals surface area contributed by atoms with E-state index in [1.54, 1.807) is 0 Å². The van der Waals surface area contributed by atoms with Crippen molar-refractivity contribution < 1.29 is 0 Å². The van der Waals surface area contributed by atoms with Gasteiger partial charge in [-0.15, -0.1) is 0 Å². The number of hydrogen-bond donors (Lipinski definition) is 0. The maximum absolute atomic E-state index is 3.43. The van der Waals surface area contributed by atoms with E-state index in [1.165, 1.54) is 35.1 Å². The molecule has 0 aliphatic heterocycles. The first-order valence-electron chi connectivity index (χ1n) is 6.48. The Hall–Kier alpha value is -1.56. The Labute approximate surface area is 103 Å². The van der Waals surface area contributed by atoms with Crippen molar-refractivity contribution in [2.45, 2.75) is 32.1 Å². The fourth-order valence-electron chi connectivity index (χ4n) is 2.24. The van der Waals surface area contributed by atoms with Gasteiger partial charge in [-0.2, -0.15) is 0 Å². The molecule has 0 saturated heterocycles. The van der Waals surface area contributed by atoms with Gasteiger partial charge in [-0.1, -0.05) is 43.3 Å². The molecule has 17 heavy (non-hydrogen) atoms. The highest BCUT2D eigenvalue weighted by atomic mass is 14.3. The molecule has 0 bridgehead atoms. The Morgan fingerprint density at radius 1 is 1.12 bits per heavy atom. The highest BCUT2D eigenvalue weighted by Crippen LogP contribution is 2.40. The SMILES string of the molecule is CCc1cccc(-c2c[c]c(C3CC3)cc2)c1. The van der Waals surface area contributed by atoms with Crippen LogP contribution in [0.15, 0.2) is 42.5 Å². The van der Waals surface area contributed by atoms with E-state index in [0.717, 1.165) is 12.3 Å². The molecule has 0 nitrogen and oxygen atoms in total. The Morgan fingerprint density at radius 2 is 2.00 bits per heavy atom. The van der Waals surface area contributed by atoms with Gasteiger partial charge in [0, 0.05) is 0 Å². The van der Waals surface area contributed by atoms with Crippen LogP contribution in [-0.4, -0.2) is 0 Å². The fourth-order valence-corrected chi connectivity index (χ4v) is 2.24. The molecule has 0 aromatic heterocycles. The zero-order valence-corrected chi connectivity index (χ0v) is 10.2. The highest BCUT2D eigenvalue weighted by molar-refractivity contribution is 5.64. The van der Waals surface area contributed by atoms with Crippen LogP contribution >= 0.6 is 0 Å². The van der Waals surface area contributed by atoms with Crippen molar-refractivity contribution in [3.8, 4) is 11.1 Å². The van der Waals surface area contributed by atoms with Gasteiger partial charge in [-0.25, -0.2) is 0 Å². The Kier molecular flexibility index (Phi) is 2.72. The minimum Gasteiger partial charge on any atom is -0.0614 e. The molecule has 0 N–H and O–H groups in total. The number of aryl methyl sites for hydroxylation is 1. The molecular formula is C17H17. The standard InChI is InChI=1S/C17H17/c1-2-13-4-3-5-17(12-13)16-10-8-15(9-11-16)14-6-7-14/h3-5,8,10-12,14H,2,6-7H2,1H3. The second kappa shape index (κ2) is 4.37. The molecule has 1 aliphatic rings. The van der Waals surface area contributed by atoms with Crippen LogP contribution in [0.2, 0.25) is 0 Å². The summed E-state index contributed by atoms with van der Waals surface area (Å²) in [5.41, 5.74) is 5.38. The molecule has 0 amide bonds. The molecular weight excluding hydrogens is 204 g/mol. The summed E-state index contributed by atoms with van der Waals surface area (Å²) < 4.78 is 0. The van der Waals surface area contributed by atoms with Crippen LogP contribution in [0.4, 0.5) is 0 Å². The molecule has 1 fully saturated rings. The third-order valence-corrected chi connectivity index (χ3v) is 3.52. The monoisotopic (exact) mass is 221 g/mol. The van der Waals surface area contributed by atoms with Gasteiger partial charge in [0.1, 0.15) is 0 Å². The average molecular weight is 221 g/mol. The summed E-state index contributed by atoms with van der Waals surface area (Å²) in [6, 6.07) is 18.8. The minimum atomic E-state index is 0.797. The first-order valence-corrected chi connectivity index (χ1v) is 6.48. The van der Waals surface area contributed by atoms with Crippen LogP contribution in [0.5, 0.6) is 0 Å². The second-order valence-corrected chi connectivity index (χ2v) is 4.86. The molecule has 1 aliphatic carbocycles. The first kappa shape index (κ1) is 10.6. The molecule has 0 spiro atoms. The summed E-state index contributed by atoms with van der Waals surface area (Å²) in [5.74, 6) is 0.797. The van der Waals surface area contributed by atoms with Gasteiger partial charge in [0.05, 0.1) is 0 Å². The van der Waals surface area contributed by atoms with E-state index in [2.05, 4.69) is 55.5 Å². The highest BCUT2D eigenvalue weighted by Gasteiger charge is 2.23. The van der Waals surface area contributed by atoms with Crippen LogP contribution < -0.4 is 0 Å². The first-order chi connectivity index (χ1) is 8.36. The van der Waals surface area contributed by atoms with E-state index >= 15 is 0 Å². The smallest absolute Gasteiger partial charge is 0.0140 e. The van der Waals surface area contributed by atoms with Crippen LogP contribution in [0.25, 0.3) is 11.1 Å². The lowest BCUT2D eigenvalue weighted by Crippen LogP contribution is -1.84. The van der Waals surface area contributed by atoms with Crippen molar-refractivity contribution in [3.63, 3.8) is 0 Å². The van der Waals surface area contributed by atoms with Crippen LogP contribution in [-0.2, 0) is 6.42 Å². The zero-order chi connectivity index (χ0) is 11.7. The summed E-state index contributed by atoms with van der Waals surface area (Å²) in [7, 11) is 0. The third-order valence-electron chi connectivity index (χ3n) is 3.52. The molecule has 85 valence electrons. The minimum absolute atomic E-state index is 0.797. The van der Waals surface area contributed by atoms with Crippen molar-refractivity contribution >= 4 is 0 Å². The quantitative estimate of drug-likeness (QED) is 0.711. The average Bonchev–Trinajstić information content (AvgIpc) is 3.23. The fraction of sp³-hybridized carbons (Fsp3) is 0.294. The lowest BCUT2D eigenvalue weighted by molar-refractivity contribution is 1.13. The predicted octanol–water partition coefficient (Wildman–Crippen LogP) is 4.59. The van der Waals surface area contributed by atoms with Crippen molar-refractivity contribution in [3.05, 3.63) is 59.7 Å². The zero-order valence-electron chi connectivity index (χ0n) is 10.2. The number of rotatable bonds is 3. The second-order valence-electron chi connectivity index (χ2n) is 4.86. The number of benzene rings is 2. The normalized spacial score (nSPS) is 14.9. The Morgan fingerprint density at radius 3 is 2.65 bits per heavy atom. The van der Waals surface area contributed by atoms with Crippen LogP contribution in [0.1, 0.15) is 36.8 Å². The largest absolute Gasteiger partial charge is 0.0614 e. The molecule has 0 heteroatoms.